The van der Waals surface area contributed by atoms with E-state index in [0.29, 0.717) is 12.0 Å². The molecule has 1 atom stereocenters. The predicted octanol–water partition coefficient (Wildman–Crippen LogP) is 3.19. The number of allylic oxidation sites excluding steroid dienone is 1. The molecule has 0 fully saturated rings. The first-order valence-corrected chi connectivity index (χ1v) is 5.44. The van der Waals surface area contributed by atoms with E-state index in [0.717, 1.165) is 25.3 Å². The van der Waals surface area contributed by atoms with Crippen molar-refractivity contribution in [3.63, 3.8) is 0 Å². The Hall–Kier alpha value is -1.22. The molecular weight excluding hydrogens is 208 g/mol. The first-order valence-electron chi connectivity index (χ1n) is 5.44. The van der Waals surface area contributed by atoms with Gasteiger partial charge in [-0.3, -0.25) is 0 Å². The van der Waals surface area contributed by atoms with Crippen LogP contribution >= 0.6 is 0 Å². The third kappa shape index (κ3) is 4.11. The van der Waals surface area contributed by atoms with Crippen LogP contribution in [0.2, 0.25) is 0 Å². The summed E-state index contributed by atoms with van der Waals surface area (Å²) < 4.78 is 25.9. The molecule has 0 aromatic heterocycles. The Labute approximate surface area is 95.0 Å². The van der Waals surface area contributed by atoms with Gasteiger partial charge in [-0.1, -0.05) is 12.1 Å². The fourth-order valence-corrected chi connectivity index (χ4v) is 1.60. The molecule has 0 bridgehead atoms. The van der Waals surface area contributed by atoms with E-state index in [2.05, 4.69) is 6.58 Å². The molecular formula is C13H17F2N. The van der Waals surface area contributed by atoms with Crippen molar-refractivity contribution < 1.29 is 8.78 Å². The molecule has 0 radical (unpaired) electrons. The Bertz CT molecular complexity index is 350. The Morgan fingerprint density at radius 2 is 2.12 bits per heavy atom. The van der Waals surface area contributed by atoms with E-state index in [-0.39, 0.29) is 6.04 Å². The lowest BCUT2D eigenvalue weighted by atomic mass is 10.0. The molecule has 0 saturated heterocycles. The molecule has 0 spiro atoms. The summed E-state index contributed by atoms with van der Waals surface area (Å²) in [5, 5.41) is 0. The van der Waals surface area contributed by atoms with Gasteiger partial charge in [-0.2, -0.15) is 0 Å². The van der Waals surface area contributed by atoms with E-state index in [1.807, 2.05) is 6.08 Å². The van der Waals surface area contributed by atoms with E-state index >= 15 is 0 Å². The van der Waals surface area contributed by atoms with Gasteiger partial charge in [-0.15, -0.1) is 6.58 Å². The standard InChI is InChI=1S/C13H17F2N/c1-2-3-4-5-12(16)8-10-6-7-11(14)9-13(10)15/h2,6-7,9,12H,1,3-5,8,16H2. The molecule has 0 heterocycles. The van der Waals surface area contributed by atoms with Gasteiger partial charge < -0.3 is 5.73 Å². The average Bonchev–Trinajstić information content (AvgIpc) is 2.23. The topological polar surface area (TPSA) is 26.0 Å². The molecule has 1 rings (SSSR count). The summed E-state index contributed by atoms with van der Waals surface area (Å²) in [7, 11) is 0. The third-order valence-electron chi connectivity index (χ3n) is 2.48. The van der Waals surface area contributed by atoms with Crippen molar-refractivity contribution >= 4 is 0 Å². The van der Waals surface area contributed by atoms with E-state index < -0.39 is 11.6 Å². The molecule has 0 amide bonds. The average molecular weight is 225 g/mol. The van der Waals surface area contributed by atoms with Gasteiger partial charge in [-0.05, 0) is 37.3 Å². The first-order chi connectivity index (χ1) is 7.63. The summed E-state index contributed by atoms with van der Waals surface area (Å²) >= 11 is 0. The SMILES string of the molecule is C=CCCCC(N)Cc1ccc(F)cc1F. The van der Waals surface area contributed by atoms with Gasteiger partial charge in [-0.25, -0.2) is 8.78 Å². The number of unbranched alkanes of at least 4 members (excludes halogenated alkanes) is 1. The summed E-state index contributed by atoms with van der Waals surface area (Å²) in [6, 6.07) is 3.53. The summed E-state index contributed by atoms with van der Waals surface area (Å²) in [5.41, 5.74) is 6.34. The maximum atomic E-state index is 13.3. The van der Waals surface area contributed by atoms with E-state index in [1.165, 1.54) is 12.1 Å². The lowest BCUT2D eigenvalue weighted by molar-refractivity contribution is 0.541. The van der Waals surface area contributed by atoms with Gasteiger partial charge in [0.1, 0.15) is 11.6 Å². The minimum absolute atomic E-state index is 0.0834. The Morgan fingerprint density at radius 3 is 2.75 bits per heavy atom. The van der Waals surface area contributed by atoms with Crippen LogP contribution in [0.15, 0.2) is 30.9 Å². The summed E-state index contributed by atoms with van der Waals surface area (Å²) in [4.78, 5) is 0. The third-order valence-corrected chi connectivity index (χ3v) is 2.48. The minimum atomic E-state index is -0.554. The van der Waals surface area contributed by atoms with Crippen molar-refractivity contribution in [2.75, 3.05) is 0 Å². The van der Waals surface area contributed by atoms with E-state index in [4.69, 9.17) is 5.73 Å². The molecule has 0 aliphatic rings. The molecule has 88 valence electrons. The maximum absolute atomic E-state index is 13.3. The molecule has 16 heavy (non-hydrogen) atoms. The number of hydrogen-bond donors (Lipinski definition) is 1. The maximum Gasteiger partial charge on any atom is 0.129 e. The summed E-state index contributed by atoms with van der Waals surface area (Å²) in [6.45, 7) is 3.62. The van der Waals surface area contributed by atoms with Gasteiger partial charge in [0.25, 0.3) is 0 Å². The zero-order valence-electron chi connectivity index (χ0n) is 9.26. The van der Waals surface area contributed by atoms with Gasteiger partial charge in [0, 0.05) is 12.1 Å². The van der Waals surface area contributed by atoms with Crippen molar-refractivity contribution in [2.45, 2.75) is 31.7 Å². The zero-order chi connectivity index (χ0) is 12.0. The predicted molar refractivity (Wildman–Crippen MR) is 62.1 cm³/mol. The number of rotatable bonds is 6. The highest BCUT2D eigenvalue weighted by Crippen LogP contribution is 2.13. The quantitative estimate of drug-likeness (QED) is 0.584. The molecule has 0 aliphatic carbocycles. The molecule has 2 N–H and O–H groups in total. The van der Waals surface area contributed by atoms with Crippen LogP contribution in [-0.2, 0) is 6.42 Å². The van der Waals surface area contributed by atoms with Crippen LogP contribution in [0.3, 0.4) is 0 Å². The summed E-state index contributed by atoms with van der Waals surface area (Å²) in [5.74, 6) is -1.07. The molecule has 1 unspecified atom stereocenters. The second kappa shape index (κ2) is 6.38. The largest absolute Gasteiger partial charge is 0.327 e. The highest BCUT2D eigenvalue weighted by molar-refractivity contribution is 5.19. The van der Waals surface area contributed by atoms with Crippen LogP contribution in [0.25, 0.3) is 0 Å². The molecule has 0 saturated carbocycles. The Balaban J connectivity index is 2.49. The number of benzene rings is 1. The van der Waals surface area contributed by atoms with Crippen LogP contribution < -0.4 is 5.73 Å². The summed E-state index contributed by atoms with van der Waals surface area (Å²) in [6.07, 6.45) is 4.98. The zero-order valence-corrected chi connectivity index (χ0v) is 9.26. The monoisotopic (exact) mass is 225 g/mol. The number of halogens is 2. The minimum Gasteiger partial charge on any atom is -0.327 e. The van der Waals surface area contributed by atoms with Crippen LogP contribution in [0.1, 0.15) is 24.8 Å². The second-order valence-corrected chi connectivity index (χ2v) is 3.92. The van der Waals surface area contributed by atoms with Gasteiger partial charge in [0.05, 0.1) is 0 Å². The fourth-order valence-electron chi connectivity index (χ4n) is 1.60. The van der Waals surface area contributed by atoms with Crippen molar-refractivity contribution in [2.24, 2.45) is 5.73 Å². The van der Waals surface area contributed by atoms with Crippen LogP contribution in [0.4, 0.5) is 8.78 Å². The second-order valence-electron chi connectivity index (χ2n) is 3.92. The number of nitrogens with two attached hydrogens (primary N) is 1. The van der Waals surface area contributed by atoms with Crippen molar-refractivity contribution in [3.8, 4) is 0 Å². The normalized spacial score (nSPS) is 12.4. The smallest absolute Gasteiger partial charge is 0.129 e. The first kappa shape index (κ1) is 12.8. The fraction of sp³-hybridized carbons (Fsp3) is 0.385. The van der Waals surface area contributed by atoms with Crippen molar-refractivity contribution in [1.29, 1.82) is 0 Å². The Kier molecular flexibility index (Phi) is 5.12. The Morgan fingerprint density at radius 1 is 1.38 bits per heavy atom. The van der Waals surface area contributed by atoms with Gasteiger partial charge in [0.2, 0.25) is 0 Å². The number of hydrogen-bond acceptors (Lipinski definition) is 1. The van der Waals surface area contributed by atoms with Crippen LogP contribution in [-0.4, -0.2) is 6.04 Å². The van der Waals surface area contributed by atoms with Gasteiger partial charge >= 0.3 is 0 Å². The van der Waals surface area contributed by atoms with Gasteiger partial charge in [0.15, 0.2) is 0 Å². The lowest BCUT2D eigenvalue weighted by Gasteiger charge is -2.11. The molecule has 0 aliphatic heterocycles. The van der Waals surface area contributed by atoms with Crippen molar-refractivity contribution in [1.82, 2.24) is 0 Å². The highest BCUT2D eigenvalue weighted by Gasteiger charge is 2.08. The lowest BCUT2D eigenvalue weighted by Crippen LogP contribution is -2.23. The van der Waals surface area contributed by atoms with Crippen LogP contribution in [0.5, 0.6) is 0 Å². The van der Waals surface area contributed by atoms with E-state index in [1.54, 1.807) is 0 Å². The van der Waals surface area contributed by atoms with E-state index in [9.17, 15) is 8.78 Å². The molecule has 1 aromatic rings. The molecule has 1 aromatic carbocycles. The van der Waals surface area contributed by atoms with Crippen LogP contribution in [0, 0.1) is 11.6 Å². The molecule has 3 heteroatoms. The molecule has 1 nitrogen and oxygen atoms in total. The highest BCUT2D eigenvalue weighted by atomic mass is 19.1. The van der Waals surface area contributed by atoms with Crippen molar-refractivity contribution in [3.05, 3.63) is 48.1 Å².